The van der Waals surface area contributed by atoms with E-state index in [1.54, 1.807) is 24.1 Å². The standard InChI is InChI=1S/C12H13N5O2/c1-15-11-3-2-10(8-12(11)17(18)19)9-16(6-4-13)7-5-14/h2-3,8,15H,6-7,9H2,1H3. The second-order valence-electron chi connectivity index (χ2n) is 3.82. The van der Waals surface area contributed by atoms with Gasteiger partial charge >= 0.3 is 0 Å². The highest BCUT2D eigenvalue weighted by Gasteiger charge is 2.14. The van der Waals surface area contributed by atoms with E-state index >= 15 is 0 Å². The van der Waals surface area contributed by atoms with Gasteiger partial charge in [-0.3, -0.25) is 15.0 Å². The largest absolute Gasteiger partial charge is 0.383 e. The summed E-state index contributed by atoms with van der Waals surface area (Å²) in [5, 5.41) is 31.0. The third-order valence-corrected chi connectivity index (χ3v) is 2.52. The lowest BCUT2D eigenvalue weighted by atomic mass is 10.1. The number of nitrogens with zero attached hydrogens (tertiary/aromatic N) is 4. The smallest absolute Gasteiger partial charge is 0.292 e. The molecule has 0 aliphatic rings. The van der Waals surface area contributed by atoms with Crippen LogP contribution in [0.1, 0.15) is 5.56 Å². The molecule has 0 bridgehead atoms. The Kier molecular flexibility index (Phi) is 5.27. The molecule has 0 spiro atoms. The minimum atomic E-state index is -0.464. The summed E-state index contributed by atoms with van der Waals surface area (Å²) in [6, 6.07) is 8.73. The van der Waals surface area contributed by atoms with Crippen molar-refractivity contribution >= 4 is 11.4 Å². The van der Waals surface area contributed by atoms with Gasteiger partial charge in [0.05, 0.1) is 30.2 Å². The molecule has 1 aromatic carbocycles. The Morgan fingerprint density at radius 3 is 2.47 bits per heavy atom. The molecular weight excluding hydrogens is 246 g/mol. The van der Waals surface area contributed by atoms with Gasteiger partial charge in [0.15, 0.2) is 0 Å². The van der Waals surface area contributed by atoms with Crippen LogP contribution in [-0.4, -0.2) is 30.0 Å². The molecule has 0 radical (unpaired) electrons. The number of rotatable bonds is 6. The molecule has 0 amide bonds. The molecule has 0 aromatic heterocycles. The van der Waals surface area contributed by atoms with Crippen LogP contribution in [0, 0.1) is 32.8 Å². The molecule has 1 rings (SSSR count). The Balaban J connectivity index is 2.96. The molecule has 0 aliphatic heterocycles. The van der Waals surface area contributed by atoms with Gasteiger partial charge in [-0.15, -0.1) is 0 Å². The van der Waals surface area contributed by atoms with Crippen molar-refractivity contribution < 1.29 is 4.92 Å². The monoisotopic (exact) mass is 259 g/mol. The lowest BCUT2D eigenvalue weighted by Crippen LogP contribution is -2.23. The molecule has 0 unspecified atom stereocenters. The lowest BCUT2D eigenvalue weighted by Gasteiger charge is -2.15. The van der Waals surface area contributed by atoms with Gasteiger partial charge in [-0.05, 0) is 11.6 Å². The zero-order valence-corrected chi connectivity index (χ0v) is 10.5. The van der Waals surface area contributed by atoms with E-state index in [9.17, 15) is 10.1 Å². The summed E-state index contributed by atoms with van der Waals surface area (Å²) in [5.41, 5.74) is 1.10. The minimum absolute atomic E-state index is 0.0196. The molecular formula is C12H13N5O2. The first kappa shape index (κ1) is 14.4. The second kappa shape index (κ2) is 6.94. The van der Waals surface area contributed by atoms with Crippen LogP contribution in [0.25, 0.3) is 0 Å². The van der Waals surface area contributed by atoms with Crippen LogP contribution in [0.5, 0.6) is 0 Å². The van der Waals surface area contributed by atoms with Gasteiger partial charge in [0.1, 0.15) is 5.69 Å². The van der Waals surface area contributed by atoms with E-state index in [2.05, 4.69) is 5.32 Å². The predicted molar refractivity (Wildman–Crippen MR) is 69.1 cm³/mol. The van der Waals surface area contributed by atoms with Gasteiger partial charge in [0.25, 0.3) is 5.69 Å². The maximum Gasteiger partial charge on any atom is 0.292 e. The van der Waals surface area contributed by atoms with Gasteiger partial charge in [-0.1, -0.05) is 6.07 Å². The fraction of sp³-hybridized carbons (Fsp3) is 0.333. The molecule has 0 fully saturated rings. The summed E-state index contributed by atoms with van der Waals surface area (Å²) < 4.78 is 0. The van der Waals surface area contributed by atoms with Crippen LogP contribution in [0.4, 0.5) is 11.4 Å². The summed E-state index contributed by atoms with van der Waals surface area (Å²) in [5.74, 6) is 0. The first-order valence-corrected chi connectivity index (χ1v) is 5.53. The number of nitrogens with one attached hydrogen (secondary N) is 1. The molecule has 7 nitrogen and oxygen atoms in total. The Labute approximate surface area is 110 Å². The van der Waals surface area contributed by atoms with Crippen molar-refractivity contribution in [1.82, 2.24) is 4.90 Å². The van der Waals surface area contributed by atoms with Crippen LogP contribution in [0.2, 0.25) is 0 Å². The number of nitro benzene ring substituents is 1. The van der Waals surface area contributed by atoms with E-state index in [0.29, 0.717) is 17.8 Å². The van der Waals surface area contributed by atoms with Crippen LogP contribution < -0.4 is 5.32 Å². The molecule has 19 heavy (non-hydrogen) atoms. The van der Waals surface area contributed by atoms with Crippen LogP contribution >= 0.6 is 0 Å². The van der Waals surface area contributed by atoms with E-state index in [-0.39, 0.29) is 18.8 Å². The molecule has 98 valence electrons. The summed E-state index contributed by atoms with van der Waals surface area (Å²) in [4.78, 5) is 12.1. The van der Waals surface area contributed by atoms with Gasteiger partial charge in [-0.25, -0.2) is 0 Å². The SMILES string of the molecule is CNc1ccc(CN(CC#N)CC#N)cc1[N+](=O)[O-]. The van der Waals surface area contributed by atoms with Gasteiger partial charge in [-0.2, -0.15) is 10.5 Å². The molecule has 0 saturated heterocycles. The van der Waals surface area contributed by atoms with Crippen LogP contribution in [0.3, 0.4) is 0 Å². The molecule has 0 aliphatic carbocycles. The minimum Gasteiger partial charge on any atom is -0.383 e. The summed E-state index contributed by atoms with van der Waals surface area (Å²) in [6.07, 6.45) is 0. The Bertz CT molecular complexity index is 528. The van der Waals surface area contributed by atoms with E-state index in [1.165, 1.54) is 6.07 Å². The van der Waals surface area contributed by atoms with Crippen LogP contribution in [-0.2, 0) is 6.54 Å². The number of nitriles is 2. The topological polar surface area (TPSA) is 106 Å². The van der Waals surface area contributed by atoms with E-state index in [0.717, 1.165) is 0 Å². The second-order valence-corrected chi connectivity index (χ2v) is 3.82. The fourth-order valence-electron chi connectivity index (χ4n) is 1.66. The zero-order chi connectivity index (χ0) is 14.3. The third kappa shape index (κ3) is 3.95. The molecule has 0 atom stereocenters. The maximum absolute atomic E-state index is 10.9. The number of hydrogen-bond donors (Lipinski definition) is 1. The Hall–Kier alpha value is -2.64. The first-order chi connectivity index (χ1) is 9.12. The fourth-order valence-corrected chi connectivity index (χ4v) is 1.66. The summed E-state index contributed by atoms with van der Waals surface area (Å²) in [7, 11) is 1.61. The number of hydrogen-bond acceptors (Lipinski definition) is 6. The highest BCUT2D eigenvalue weighted by molar-refractivity contribution is 5.62. The average molecular weight is 259 g/mol. The van der Waals surface area contributed by atoms with Crippen molar-refractivity contribution in [3.8, 4) is 12.1 Å². The van der Waals surface area contributed by atoms with Crippen LogP contribution in [0.15, 0.2) is 18.2 Å². The summed E-state index contributed by atoms with van der Waals surface area (Å²) in [6.45, 7) is 0.538. The predicted octanol–water partition coefficient (Wildman–Crippen LogP) is 1.49. The van der Waals surface area contributed by atoms with E-state index in [1.807, 2.05) is 12.1 Å². The molecule has 1 N–H and O–H groups in total. The maximum atomic E-state index is 10.9. The highest BCUT2D eigenvalue weighted by atomic mass is 16.6. The first-order valence-electron chi connectivity index (χ1n) is 5.53. The van der Waals surface area contributed by atoms with Crippen molar-refractivity contribution in [3.05, 3.63) is 33.9 Å². The summed E-state index contributed by atoms with van der Waals surface area (Å²) >= 11 is 0. The highest BCUT2D eigenvalue weighted by Crippen LogP contribution is 2.25. The molecule has 1 aromatic rings. The Morgan fingerprint density at radius 2 is 2.00 bits per heavy atom. The number of benzene rings is 1. The van der Waals surface area contributed by atoms with Crippen molar-refractivity contribution in [2.75, 3.05) is 25.5 Å². The van der Waals surface area contributed by atoms with Gasteiger partial charge in [0.2, 0.25) is 0 Å². The molecule has 0 saturated carbocycles. The van der Waals surface area contributed by atoms with E-state index in [4.69, 9.17) is 10.5 Å². The van der Waals surface area contributed by atoms with E-state index < -0.39 is 4.92 Å². The van der Waals surface area contributed by atoms with Crippen molar-refractivity contribution in [1.29, 1.82) is 10.5 Å². The number of anilines is 1. The van der Waals surface area contributed by atoms with Crippen molar-refractivity contribution in [2.24, 2.45) is 0 Å². The molecule has 0 heterocycles. The average Bonchev–Trinajstić information content (AvgIpc) is 2.39. The number of nitro groups is 1. The quantitative estimate of drug-likeness (QED) is 0.471. The zero-order valence-electron chi connectivity index (χ0n) is 10.5. The van der Waals surface area contributed by atoms with Crippen molar-refractivity contribution in [3.63, 3.8) is 0 Å². The van der Waals surface area contributed by atoms with Crippen molar-refractivity contribution in [2.45, 2.75) is 6.54 Å². The third-order valence-electron chi connectivity index (χ3n) is 2.52. The van der Waals surface area contributed by atoms with Gasteiger partial charge < -0.3 is 5.32 Å². The normalized spacial score (nSPS) is 9.68. The molecule has 7 heteroatoms. The van der Waals surface area contributed by atoms with Gasteiger partial charge in [0, 0.05) is 19.7 Å². The Morgan fingerprint density at radius 1 is 1.37 bits per heavy atom. The lowest BCUT2D eigenvalue weighted by molar-refractivity contribution is -0.384.